The van der Waals surface area contributed by atoms with Gasteiger partial charge in [-0.15, -0.1) is 0 Å². The third-order valence-electron chi connectivity index (χ3n) is 2.57. The summed E-state index contributed by atoms with van der Waals surface area (Å²) in [6.07, 6.45) is 4.18. The fourth-order valence-electron chi connectivity index (χ4n) is 1.76. The van der Waals surface area contributed by atoms with Crippen molar-refractivity contribution in [2.75, 3.05) is 25.0 Å². The van der Waals surface area contributed by atoms with Crippen LogP contribution >= 0.6 is 11.6 Å². The Morgan fingerprint density at radius 2 is 2.53 bits per heavy atom. The van der Waals surface area contributed by atoms with Crippen LogP contribution in [-0.4, -0.2) is 29.6 Å². The van der Waals surface area contributed by atoms with Crippen LogP contribution in [0.5, 0.6) is 0 Å². The maximum Gasteiger partial charge on any atom is 0.224 e. The molecular formula is C10H15ClN4. The van der Waals surface area contributed by atoms with Crippen molar-refractivity contribution in [2.24, 2.45) is 5.92 Å². The summed E-state index contributed by atoms with van der Waals surface area (Å²) < 4.78 is 0. The van der Waals surface area contributed by atoms with Crippen molar-refractivity contribution in [1.82, 2.24) is 15.3 Å². The molecule has 2 rings (SSSR count). The minimum atomic E-state index is 0.481. The van der Waals surface area contributed by atoms with Crippen LogP contribution in [-0.2, 0) is 0 Å². The number of rotatable bonds is 3. The lowest BCUT2D eigenvalue weighted by molar-refractivity contribution is 0.392. The molecule has 0 spiro atoms. The van der Waals surface area contributed by atoms with Crippen LogP contribution in [0.15, 0.2) is 12.3 Å². The van der Waals surface area contributed by atoms with Crippen LogP contribution in [0.4, 0.5) is 5.95 Å². The van der Waals surface area contributed by atoms with Crippen molar-refractivity contribution >= 4 is 17.5 Å². The molecule has 15 heavy (non-hydrogen) atoms. The molecule has 1 aromatic heterocycles. The second kappa shape index (κ2) is 5.28. The second-order valence-electron chi connectivity index (χ2n) is 3.80. The zero-order valence-electron chi connectivity index (χ0n) is 8.54. The Labute approximate surface area is 94.5 Å². The van der Waals surface area contributed by atoms with E-state index in [0.29, 0.717) is 17.0 Å². The lowest BCUT2D eigenvalue weighted by Gasteiger charge is -2.22. The van der Waals surface area contributed by atoms with Gasteiger partial charge in [-0.25, -0.2) is 9.97 Å². The van der Waals surface area contributed by atoms with Gasteiger partial charge in [0.1, 0.15) is 5.15 Å². The number of anilines is 1. The van der Waals surface area contributed by atoms with Gasteiger partial charge in [0, 0.05) is 12.7 Å². The highest BCUT2D eigenvalue weighted by atomic mass is 35.5. The Hall–Kier alpha value is -0.870. The minimum Gasteiger partial charge on any atom is -0.354 e. The molecule has 0 saturated carbocycles. The first kappa shape index (κ1) is 10.6. The SMILES string of the molecule is Clc1ccnc(NC[C@H]2CCCNC2)n1. The predicted molar refractivity (Wildman–Crippen MR) is 61.1 cm³/mol. The quantitative estimate of drug-likeness (QED) is 0.768. The van der Waals surface area contributed by atoms with Crippen LogP contribution < -0.4 is 10.6 Å². The average Bonchev–Trinajstić information content (AvgIpc) is 2.28. The van der Waals surface area contributed by atoms with Gasteiger partial charge in [-0.2, -0.15) is 0 Å². The summed E-state index contributed by atoms with van der Waals surface area (Å²) in [7, 11) is 0. The fourth-order valence-corrected chi connectivity index (χ4v) is 1.89. The minimum absolute atomic E-state index is 0.481. The van der Waals surface area contributed by atoms with Crippen molar-refractivity contribution < 1.29 is 0 Å². The first-order valence-corrected chi connectivity index (χ1v) is 5.65. The summed E-state index contributed by atoms with van der Waals surface area (Å²) in [5.74, 6) is 1.29. The number of nitrogens with zero attached hydrogens (tertiary/aromatic N) is 2. The Bertz CT molecular complexity index is 312. The monoisotopic (exact) mass is 226 g/mol. The molecule has 1 aliphatic rings. The Morgan fingerprint density at radius 3 is 3.27 bits per heavy atom. The summed E-state index contributed by atoms with van der Waals surface area (Å²) in [6.45, 7) is 3.13. The van der Waals surface area contributed by atoms with E-state index in [-0.39, 0.29) is 0 Å². The number of aromatic nitrogens is 2. The van der Waals surface area contributed by atoms with E-state index in [1.807, 2.05) is 0 Å². The highest BCUT2D eigenvalue weighted by Crippen LogP contribution is 2.11. The fraction of sp³-hybridized carbons (Fsp3) is 0.600. The van der Waals surface area contributed by atoms with Gasteiger partial charge in [-0.3, -0.25) is 0 Å². The zero-order valence-corrected chi connectivity index (χ0v) is 9.30. The molecule has 0 radical (unpaired) electrons. The molecule has 1 aliphatic heterocycles. The van der Waals surface area contributed by atoms with Crippen molar-refractivity contribution in [2.45, 2.75) is 12.8 Å². The molecule has 0 aromatic carbocycles. The molecule has 0 bridgehead atoms. The topological polar surface area (TPSA) is 49.8 Å². The van der Waals surface area contributed by atoms with E-state index in [2.05, 4.69) is 20.6 Å². The molecule has 1 aromatic rings. The summed E-state index contributed by atoms with van der Waals surface area (Å²) in [4.78, 5) is 8.18. The lowest BCUT2D eigenvalue weighted by atomic mass is 10.00. The third kappa shape index (κ3) is 3.32. The maximum atomic E-state index is 5.76. The summed E-state index contributed by atoms with van der Waals surface area (Å²) >= 11 is 5.76. The maximum absolute atomic E-state index is 5.76. The van der Waals surface area contributed by atoms with Gasteiger partial charge >= 0.3 is 0 Å². The molecule has 0 aliphatic carbocycles. The van der Waals surface area contributed by atoms with E-state index in [0.717, 1.165) is 19.6 Å². The van der Waals surface area contributed by atoms with Crippen LogP contribution in [0.2, 0.25) is 5.15 Å². The normalized spacial score (nSPS) is 21.3. The summed E-state index contributed by atoms with van der Waals surface area (Å²) in [5, 5.41) is 7.06. The van der Waals surface area contributed by atoms with Crippen LogP contribution in [0.1, 0.15) is 12.8 Å². The molecule has 0 unspecified atom stereocenters. The van der Waals surface area contributed by atoms with Crippen molar-refractivity contribution in [3.8, 4) is 0 Å². The molecule has 2 heterocycles. The van der Waals surface area contributed by atoms with Gasteiger partial charge in [0.15, 0.2) is 0 Å². The predicted octanol–water partition coefficient (Wildman–Crippen LogP) is 1.54. The van der Waals surface area contributed by atoms with E-state index in [1.54, 1.807) is 12.3 Å². The number of piperidine rings is 1. The zero-order chi connectivity index (χ0) is 10.5. The Kier molecular flexibility index (Phi) is 3.75. The van der Waals surface area contributed by atoms with Crippen LogP contribution in [0.25, 0.3) is 0 Å². The first-order valence-electron chi connectivity index (χ1n) is 5.28. The van der Waals surface area contributed by atoms with Gasteiger partial charge in [0.25, 0.3) is 0 Å². The van der Waals surface area contributed by atoms with E-state index in [4.69, 9.17) is 11.6 Å². The number of hydrogen-bond acceptors (Lipinski definition) is 4. The number of nitrogens with one attached hydrogen (secondary N) is 2. The Morgan fingerprint density at radius 1 is 1.60 bits per heavy atom. The highest BCUT2D eigenvalue weighted by Gasteiger charge is 2.12. The molecule has 82 valence electrons. The smallest absolute Gasteiger partial charge is 0.224 e. The number of hydrogen-bond donors (Lipinski definition) is 2. The van der Waals surface area contributed by atoms with Gasteiger partial charge in [0.2, 0.25) is 5.95 Å². The van der Waals surface area contributed by atoms with Crippen molar-refractivity contribution in [1.29, 1.82) is 0 Å². The molecule has 1 atom stereocenters. The van der Waals surface area contributed by atoms with Gasteiger partial charge in [-0.1, -0.05) is 11.6 Å². The standard InChI is InChI=1S/C10H15ClN4/c11-9-3-5-13-10(15-9)14-7-8-2-1-4-12-6-8/h3,5,8,12H,1-2,4,6-7H2,(H,13,14,15)/t8-/m0/s1. The van der Waals surface area contributed by atoms with Gasteiger partial charge in [-0.05, 0) is 37.9 Å². The lowest BCUT2D eigenvalue weighted by Crippen LogP contribution is -2.33. The average molecular weight is 227 g/mol. The molecule has 0 amide bonds. The Balaban J connectivity index is 1.81. The van der Waals surface area contributed by atoms with Gasteiger partial charge in [0.05, 0.1) is 0 Å². The molecule has 1 fully saturated rings. The summed E-state index contributed by atoms with van der Waals surface area (Å²) in [6, 6.07) is 1.68. The molecule has 1 saturated heterocycles. The van der Waals surface area contributed by atoms with E-state index in [1.165, 1.54) is 12.8 Å². The van der Waals surface area contributed by atoms with E-state index >= 15 is 0 Å². The summed E-state index contributed by atoms with van der Waals surface area (Å²) in [5.41, 5.74) is 0. The largest absolute Gasteiger partial charge is 0.354 e. The van der Waals surface area contributed by atoms with Gasteiger partial charge < -0.3 is 10.6 Å². The molecule has 5 heteroatoms. The van der Waals surface area contributed by atoms with Crippen LogP contribution in [0.3, 0.4) is 0 Å². The number of halogens is 1. The van der Waals surface area contributed by atoms with E-state index < -0.39 is 0 Å². The highest BCUT2D eigenvalue weighted by molar-refractivity contribution is 6.29. The van der Waals surface area contributed by atoms with Crippen molar-refractivity contribution in [3.63, 3.8) is 0 Å². The molecule has 2 N–H and O–H groups in total. The molecular weight excluding hydrogens is 212 g/mol. The van der Waals surface area contributed by atoms with E-state index in [9.17, 15) is 0 Å². The van der Waals surface area contributed by atoms with Crippen LogP contribution in [0, 0.1) is 5.92 Å². The molecule has 4 nitrogen and oxygen atoms in total. The first-order chi connectivity index (χ1) is 7.34. The van der Waals surface area contributed by atoms with Crippen molar-refractivity contribution in [3.05, 3.63) is 17.4 Å². The third-order valence-corrected chi connectivity index (χ3v) is 2.78. The second-order valence-corrected chi connectivity index (χ2v) is 4.18.